The van der Waals surface area contributed by atoms with Gasteiger partial charge in [-0.15, -0.1) is 0 Å². The number of hydrogen-bond acceptors (Lipinski definition) is 6. The van der Waals surface area contributed by atoms with Crippen LogP contribution < -0.4 is 5.73 Å². The summed E-state index contributed by atoms with van der Waals surface area (Å²) in [6.45, 7) is 10.7. The van der Waals surface area contributed by atoms with Gasteiger partial charge in [0, 0.05) is 12.0 Å². The number of hydrogen-bond donors (Lipinski definition) is 2. The maximum atomic E-state index is 13.1. The molecule has 182 valence electrons. The zero-order chi connectivity index (χ0) is 26.0. The molecule has 2 aromatic carbocycles. The van der Waals surface area contributed by atoms with Gasteiger partial charge in [-0.3, -0.25) is 9.59 Å². The van der Waals surface area contributed by atoms with E-state index >= 15 is 0 Å². The average Bonchev–Trinajstić information content (AvgIpc) is 2.71. The molecule has 0 unspecified atom stereocenters. The predicted molar refractivity (Wildman–Crippen MR) is 130 cm³/mol. The van der Waals surface area contributed by atoms with Crippen molar-refractivity contribution < 1.29 is 23.1 Å². The molecule has 0 saturated heterocycles. The highest BCUT2D eigenvalue weighted by atomic mass is 32.2. The number of primary amides is 1. The zero-order valence-electron chi connectivity index (χ0n) is 20.5. The fourth-order valence-corrected chi connectivity index (χ4v) is 5.14. The summed E-state index contributed by atoms with van der Waals surface area (Å²) in [5, 5.41) is 19.6. The topological polar surface area (TPSA) is 138 Å². The summed E-state index contributed by atoms with van der Waals surface area (Å²) < 4.78 is 26.2. The van der Waals surface area contributed by atoms with Crippen LogP contribution in [0.2, 0.25) is 0 Å². The normalized spacial score (nSPS) is 12.1. The number of amides is 1. The van der Waals surface area contributed by atoms with Crippen LogP contribution in [0.15, 0.2) is 35.2 Å². The first-order chi connectivity index (χ1) is 15.6. The molecule has 0 radical (unpaired) electrons. The minimum Gasteiger partial charge on any atom is -0.386 e. The van der Waals surface area contributed by atoms with Gasteiger partial charge in [0.25, 0.3) is 0 Å². The van der Waals surface area contributed by atoms with E-state index in [2.05, 4.69) is 0 Å². The number of ketones is 1. The van der Waals surface area contributed by atoms with Crippen LogP contribution in [-0.4, -0.2) is 31.0 Å². The Hall–Kier alpha value is -3.02. The first-order valence-corrected chi connectivity index (χ1v) is 12.7. The Morgan fingerprint density at radius 3 is 1.97 bits per heavy atom. The molecule has 0 bridgehead atoms. The molecule has 2 aromatic rings. The molecule has 0 aliphatic rings. The number of sulfone groups is 1. The van der Waals surface area contributed by atoms with Crippen molar-refractivity contribution >= 4 is 21.5 Å². The van der Waals surface area contributed by atoms with Gasteiger partial charge in [0.05, 0.1) is 22.1 Å². The van der Waals surface area contributed by atoms with Crippen LogP contribution >= 0.6 is 0 Å². The molecular formula is C26H32N2O5S. The zero-order valence-corrected chi connectivity index (χ0v) is 21.3. The third-order valence-corrected chi connectivity index (χ3v) is 7.33. The van der Waals surface area contributed by atoms with Crippen molar-refractivity contribution in [3.05, 3.63) is 63.7 Å². The van der Waals surface area contributed by atoms with Crippen molar-refractivity contribution in [3.63, 3.8) is 0 Å². The number of benzene rings is 2. The molecule has 0 aliphatic carbocycles. The van der Waals surface area contributed by atoms with Gasteiger partial charge in [0.15, 0.2) is 15.6 Å². The van der Waals surface area contributed by atoms with Gasteiger partial charge >= 0.3 is 0 Å². The minimum absolute atomic E-state index is 0.0159. The predicted octanol–water partition coefficient (Wildman–Crippen LogP) is 3.72. The van der Waals surface area contributed by atoms with Crippen LogP contribution in [0.3, 0.4) is 0 Å². The number of carbonyl (C=O) groups is 2. The summed E-state index contributed by atoms with van der Waals surface area (Å²) >= 11 is 0. The molecule has 0 spiro atoms. The lowest BCUT2D eigenvalue weighted by Crippen LogP contribution is -2.22. The largest absolute Gasteiger partial charge is 0.386 e. The molecule has 0 aromatic heterocycles. The Morgan fingerprint density at radius 2 is 1.56 bits per heavy atom. The quantitative estimate of drug-likeness (QED) is 0.556. The minimum atomic E-state index is -4.07. The summed E-state index contributed by atoms with van der Waals surface area (Å²) in [7, 11) is -4.07. The number of Topliss-reactive ketones (excluding diaryl/α,β-unsaturated/α-hetero) is 1. The van der Waals surface area contributed by atoms with Crippen LogP contribution in [0.4, 0.5) is 0 Å². The second kappa shape index (κ2) is 10.1. The third kappa shape index (κ3) is 6.31. The van der Waals surface area contributed by atoms with Crippen LogP contribution in [0.25, 0.3) is 0 Å². The van der Waals surface area contributed by atoms with E-state index in [9.17, 15) is 28.4 Å². The van der Waals surface area contributed by atoms with Crippen molar-refractivity contribution in [2.24, 2.45) is 5.73 Å². The lowest BCUT2D eigenvalue weighted by Gasteiger charge is -2.21. The number of nitrogens with two attached hydrogens (primary N) is 1. The van der Waals surface area contributed by atoms with Crippen molar-refractivity contribution in [1.82, 2.24) is 0 Å². The van der Waals surface area contributed by atoms with E-state index in [1.54, 1.807) is 12.1 Å². The van der Waals surface area contributed by atoms with Crippen molar-refractivity contribution in [1.29, 1.82) is 5.26 Å². The summed E-state index contributed by atoms with van der Waals surface area (Å²) in [6, 6.07) is 9.16. The van der Waals surface area contributed by atoms with E-state index < -0.39 is 32.9 Å². The van der Waals surface area contributed by atoms with Gasteiger partial charge < -0.3 is 10.8 Å². The van der Waals surface area contributed by atoms with Crippen LogP contribution in [0.5, 0.6) is 0 Å². The molecule has 1 amide bonds. The van der Waals surface area contributed by atoms with E-state index in [-0.39, 0.29) is 34.3 Å². The fraction of sp³-hybridized carbons (Fsp3) is 0.423. The van der Waals surface area contributed by atoms with Gasteiger partial charge in [-0.2, -0.15) is 5.26 Å². The number of carbonyl (C=O) groups excluding carboxylic acids is 2. The van der Waals surface area contributed by atoms with Crippen LogP contribution in [-0.2, 0) is 26.7 Å². The van der Waals surface area contributed by atoms with Crippen molar-refractivity contribution in [3.8, 4) is 6.07 Å². The number of nitrogens with zero attached hydrogens (tertiary/aromatic N) is 1. The van der Waals surface area contributed by atoms with Gasteiger partial charge in [-0.05, 0) is 78.3 Å². The molecular weight excluding hydrogens is 452 g/mol. The third-order valence-electron chi connectivity index (χ3n) is 5.67. The van der Waals surface area contributed by atoms with Gasteiger partial charge in [-0.25, -0.2) is 8.42 Å². The Labute approximate surface area is 201 Å². The molecule has 8 heteroatoms. The molecule has 34 heavy (non-hydrogen) atoms. The average molecular weight is 485 g/mol. The van der Waals surface area contributed by atoms with E-state index in [1.807, 2.05) is 33.8 Å². The molecule has 0 aliphatic heterocycles. The smallest absolute Gasteiger partial charge is 0.248 e. The lowest BCUT2D eigenvalue weighted by molar-refractivity contribution is -0.116. The molecule has 3 N–H and O–H groups in total. The summed E-state index contributed by atoms with van der Waals surface area (Å²) in [5.74, 6) is -1.86. The van der Waals surface area contributed by atoms with Gasteiger partial charge in [-0.1, -0.05) is 27.7 Å². The molecule has 2 rings (SSSR count). The Morgan fingerprint density at radius 1 is 1.03 bits per heavy atom. The highest BCUT2D eigenvalue weighted by Crippen LogP contribution is 2.31. The van der Waals surface area contributed by atoms with Gasteiger partial charge in [0.1, 0.15) is 5.75 Å². The second-order valence-electron chi connectivity index (χ2n) is 9.70. The Balaban J connectivity index is 2.49. The monoisotopic (exact) mass is 484 g/mol. The van der Waals surface area contributed by atoms with Crippen molar-refractivity contribution in [2.75, 3.05) is 5.75 Å². The molecule has 7 nitrogen and oxygen atoms in total. The van der Waals surface area contributed by atoms with E-state index in [4.69, 9.17) is 5.73 Å². The highest BCUT2D eigenvalue weighted by molar-refractivity contribution is 7.92. The van der Waals surface area contributed by atoms with Crippen molar-refractivity contribution in [2.45, 2.75) is 70.3 Å². The molecule has 0 fully saturated rings. The number of nitriles is 1. The van der Waals surface area contributed by atoms with E-state index in [0.717, 1.165) is 11.1 Å². The van der Waals surface area contributed by atoms with E-state index in [0.29, 0.717) is 11.1 Å². The van der Waals surface area contributed by atoms with Crippen LogP contribution in [0.1, 0.15) is 91.6 Å². The Kier molecular flexibility index (Phi) is 8.07. The maximum Gasteiger partial charge on any atom is 0.248 e. The first-order valence-electron chi connectivity index (χ1n) is 11.1. The number of rotatable bonds is 9. The Bertz CT molecular complexity index is 1230. The maximum absolute atomic E-state index is 13.1. The van der Waals surface area contributed by atoms with Gasteiger partial charge in [0.2, 0.25) is 5.91 Å². The highest BCUT2D eigenvalue weighted by Gasteiger charge is 2.26. The summed E-state index contributed by atoms with van der Waals surface area (Å²) in [4.78, 5) is 24.6. The second-order valence-corrected chi connectivity index (χ2v) is 11.7. The summed E-state index contributed by atoms with van der Waals surface area (Å²) in [6.07, 6.45) is -0.115. The van der Waals surface area contributed by atoms with Crippen LogP contribution in [0, 0.1) is 11.3 Å². The number of aliphatic hydroxyl groups is 1. The first kappa shape index (κ1) is 27.2. The molecule has 0 atom stereocenters. The standard InChI is InChI=1S/C26H32N2O5S/c1-15(2)22-9-18(25(28)30)10-23(16(3)4)24(22)12-20(29)14-34(32,33)21-8-17(13-27)7-19(11-21)26(5,6)31/h7-11,15-16,31H,12,14H2,1-6H3,(H2,28,30). The lowest BCUT2D eigenvalue weighted by atomic mass is 9.84. The molecule has 0 saturated carbocycles. The SMILES string of the molecule is CC(C)c1cc(C(N)=O)cc(C(C)C)c1CC(=O)CS(=O)(=O)c1cc(C#N)cc(C(C)(C)O)c1. The summed E-state index contributed by atoms with van der Waals surface area (Å²) in [5.41, 5.74) is 7.10. The van der Waals surface area contributed by atoms with E-state index in [1.165, 1.54) is 32.0 Å². The fourth-order valence-electron chi connectivity index (χ4n) is 3.83. The molecule has 0 heterocycles.